The van der Waals surface area contributed by atoms with Gasteiger partial charge in [-0.15, -0.1) is 0 Å². The topological polar surface area (TPSA) is 96.6 Å². The minimum atomic E-state index is -3.11. The van der Waals surface area contributed by atoms with E-state index in [1.54, 1.807) is 6.92 Å². The first-order chi connectivity index (χ1) is 7.37. The van der Waals surface area contributed by atoms with Crippen molar-refractivity contribution in [2.45, 2.75) is 20.8 Å². The molecule has 7 heteroatoms. The Bertz CT molecular complexity index is 311. The van der Waals surface area contributed by atoms with Crippen LogP contribution in [0.1, 0.15) is 20.8 Å². The fraction of sp³-hybridized carbons (Fsp3) is 0.889. The Kier molecular flexibility index (Phi) is 7.07. The molecule has 0 aliphatic heterocycles. The van der Waals surface area contributed by atoms with Crippen LogP contribution in [-0.4, -0.2) is 39.8 Å². The van der Waals surface area contributed by atoms with Gasteiger partial charge < -0.3 is 11.1 Å². The largest absolute Gasteiger partial charge is 0.370 e. The van der Waals surface area contributed by atoms with Crippen LogP contribution in [0.25, 0.3) is 0 Å². The standard InChI is InChI=1S/C9H22N4O2S/c1-4-16(14,15)13-6-5-11-9(10)12-7-8(2)3/h8,13H,4-7H2,1-3H3,(H3,10,11,12). The molecular formula is C9H22N4O2S. The molecule has 96 valence electrons. The lowest BCUT2D eigenvalue weighted by atomic mass is 10.2. The number of hydrogen-bond acceptors (Lipinski definition) is 3. The van der Waals surface area contributed by atoms with Gasteiger partial charge >= 0.3 is 0 Å². The molecule has 0 aliphatic rings. The third kappa shape index (κ3) is 8.49. The fourth-order valence-corrected chi connectivity index (χ4v) is 1.45. The number of sulfonamides is 1. The normalized spacial score (nSPS) is 13.1. The van der Waals surface area contributed by atoms with E-state index in [9.17, 15) is 8.42 Å². The first-order valence-corrected chi connectivity index (χ1v) is 7.03. The van der Waals surface area contributed by atoms with E-state index in [0.717, 1.165) is 0 Å². The van der Waals surface area contributed by atoms with Gasteiger partial charge in [-0.05, 0) is 12.8 Å². The molecule has 0 saturated carbocycles. The number of hydrogen-bond donors (Lipinski definition) is 3. The molecule has 0 spiro atoms. The second kappa shape index (κ2) is 7.45. The van der Waals surface area contributed by atoms with Crippen molar-refractivity contribution in [1.29, 1.82) is 0 Å². The number of aliphatic imine (C=N–C) groups is 1. The molecule has 0 rings (SSSR count). The minimum Gasteiger partial charge on any atom is -0.370 e. The highest BCUT2D eigenvalue weighted by molar-refractivity contribution is 7.89. The maximum absolute atomic E-state index is 11.1. The zero-order chi connectivity index (χ0) is 12.6. The molecule has 0 aromatic carbocycles. The van der Waals surface area contributed by atoms with Crippen molar-refractivity contribution in [2.75, 3.05) is 25.4 Å². The van der Waals surface area contributed by atoms with Crippen LogP contribution in [0.5, 0.6) is 0 Å². The molecule has 16 heavy (non-hydrogen) atoms. The van der Waals surface area contributed by atoms with Crippen molar-refractivity contribution < 1.29 is 8.42 Å². The Balaban J connectivity index is 3.71. The van der Waals surface area contributed by atoms with E-state index in [1.165, 1.54) is 0 Å². The predicted molar refractivity (Wildman–Crippen MR) is 66.8 cm³/mol. The van der Waals surface area contributed by atoms with E-state index in [2.05, 4.69) is 15.0 Å². The van der Waals surface area contributed by atoms with E-state index in [1.807, 2.05) is 13.8 Å². The van der Waals surface area contributed by atoms with Gasteiger partial charge in [-0.1, -0.05) is 13.8 Å². The van der Waals surface area contributed by atoms with Gasteiger partial charge in [0.05, 0.1) is 5.75 Å². The third-order valence-electron chi connectivity index (χ3n) is 1.76. The van der Waals surface area contributed by atoms with Gasteiger partial charge in [0.2, 0.25) is 10.0 Å². The zero-order valence-electron chi connectivity index (χ0n) is 10.2. The summed E-state index contributed by atoms with van der Waals surface area (Å²) < 4.78 is 24.5. The quantitative estimate of drug-likeness (QED) is 0.322. The number of rotatable bonds is 7. The Labute approximate surface area is 97.8 Å². The number of nitrogens with two attached hydrogens (primary N) is 1. The number of nitrogens with one attached hydrogen (secondary N) is 2. The lowest BCUT2D eigenvalue weighted by Crippen LogP contribution is -2.39. The van der Waals surface area contributed by atoms with Crippen LogP contribution in [0.2, 0.25) is 0 Å². The van der Waals surface area contributed by atoms with E-state index < -0.39 is 10.0 Å². The van der Waals surface area contributed by atoms with Crippen molar-refractivity contribution >= 4 is 16.0 Å². The summed E-state index contributed by atoms with van der Waals surface area (Å²) in [5.41, 5.74) is 5.57. The number of nitrogens with zero attached hydrogens (tertiary/aromatic N) is 1. The summed E-state index contributed by atoms with van der Waals surface area (Å²) in [4.78, 5) is 4.08. The minimum absolute atomic E-state index is 0.0872. The van der Waals surface area contributed by atoms with Gasteiger partial charge in [-0.2, -0.15) is 0 Å². The smallest absolute Gasteiger partial charge is 0.211 e. The summed E-state index contributed by atoms with van der Waals surface area (Å²) >= 11 is 0. The molecule has 4 N–H and O–H groups in total. The van der Waals surface area contributed by atoms with Gasteiger partial charge in [0.25, 0.3) is 0 Å². The lowest BCUT2D eigenvalue weighted by Gasteiger charge is -2.07. The maximum atomic E-state index is 11.1. The van der Waals surface area contributed by atoms with E-state index in [4.69, 9.17) is 5.73 Å². The molecule has 0 bridgehead atoms. The summed E-state index contributed by atoms with van der Waals surface area (Å²) in [6, 6.07) is 0. The molecule has 0 fully saturated rings. The summed E-state index contributed by atoms with van der Waals surface area (Å²) in [7, 11) is -3.11. The van der Waals surface area contributed by atoms with Crippen molar-refractivity contribution in [1.82, 2.24) is 10.0 Å². The summed E-state index contributed by atoms with van der Waals surface area (Å²) in [5.74, 6) is 0.896. The van der Waals surface area contributed by atoms with Crippen LogP contribution < -0.4 is 15.8 Å². The van der Waals surface area contributed by atoms with Gasteiger partial charge in [0, 0.05) is 19.6 Å². The molecule has 0 radical (unpaired) electrons. The van der Waals surface area contributed by atoms with Gasteiger partial charge in [-0.3, -0.25) is 4.99 Å². The van der Waals surface area contributed by atoms with Gasteiger partial charge in [0.15, 0.2) is 5.96 Å². The summed E-state index contributed by atoms with van der Waals surface area (Å²) in [5, 5.41) is 2.84. The van der Waals surface area contributed by atoms with Crippen molar-refractivity contribution in [3.05, 3.63) is 0 Å². The summed E-state index contributed by atoms with van der Waals surface area (Å²) in [6.07, 6.45) is 0. The van der Waals surface area contributed by atoms with Crippen molar-refractivity contribution in [2.24, 2.45) is 16.6 Å². The van der Waals surface area contributed by atoms with E-state index in [-0.39, 0.29) is 5.75 Å². The maximum Gasteiger partial charge on any atom is 0.211 e. The van der Waals surface area contributed by atoms with Crippen LogP contribution >= 0.6 is 0 Å². The molecule has 0 heterocycles. The highest BCUT2D eigenvalue weighted by Gasteiger charge is 2.04. The Morgan fingerprint density at radius 3 is 2.50 bits per heavy atom. The van der Waals surface area contributed by atoms with Crippen LogP contribution in [-0.2, 0) is 10.0 Å². The second-order valence-electron chi connectivity index (χ2n) is 3.84. The SMILES string of the molecule is CCS(=O)(=O)NCCNC(N)=NCC(C)C. The highest BCUT2D eigenvalue weighted by atomic mass is 32.2. The highest BCUT2D eigenvalue weighted by Crippen LogP contribution is 1.90. The molecule has 0 atom stereocenters. The van der Waals surface area contributed by atoms with Crippen LogP contribution in [0.4, 0.5) is 0 Å². The molecule has 0 aromatic rings. The first kappa shape index (κ1) is 15.2. The Hall–Kier alpha value is -0.820. The lowest BCUT2D eigenvalue weighted by molar-refractivity contribution is 0.582. The van der Waals surface area contributed by atoms with Gasteiger partial charge in [0.1, 0.15) is 0 Å². The molecule has 0 unspecified atom stereocenters. The third-order valence-corrected chi connectivity index (χ3v) is 3.16. The van der Waals surface area contributed by atoms with E-state index in [0.29, 0.717) is 31.5 Å². The first-order valence-electron chi connectivity index (χ1n) is 5.38. The molecular weight excluding hydrogens is 228 g/mol. The summed E-state index contributed by atoms with van der Waals surface area (Å²) in [6.45, 7) is 7.10. The number of guanidine groups is 1. The van der Waals surface area contributed by atoms with Crippen LogP contribution in [0.3, 0.4) is 0 Å². The average Bonchev–Trinajstić information content (AvgIpc) is 2.21. The molecule has 0 aliphatic carbocycles. The average molecular weight is 250 g/mol. The molecule has 6 nitrogen and oxygen atoms in total. The van der Waals surface area contributed by atoms with Crippen molar-refractivity contribution in [3.8, 4) is 0 Å². The van der Waals surface area contributed by atoms with Crippen LogP contribution in [0.15, 0.2) is 4.99 Å². The van der Waals surface area contributed by atoms with E-state index >= 15 is 0 Å². The van der Waals surface area contributed by atoms with Gasteiger partial charge in [-0.25, -0.2) is 13.1 Å². The zero-order valence-corrected chi connectivity index (χ0v) is 11.0. The molecule has 0 saturated heterocycles. The second-order valence-corrected chi connectivity index (χ2v) is 5.94. The monoisotopic (exact) mass is 250 g/mol. The molecule has 0 aromatic heterocycles. The van der Waals surface area contributed by atoms with Crippen molar-refractivity contribution in [3.63, 3.8) is 0 Å². The molecule has 0 amide bonds. The van der Waals surface area contributed by atoms with Crippen LogP contribution in [0, 0.1) is 5.92 Å². The Morgan fingerprint density at radius 1 is 1.38 bits per heavy atom. The fourth-order valence-electron chi connectivity index (χ4n) is 0.836. The Morgan fingerprint density at radius 2 is 2.00 bits per heavy atom. The predicted octanol–water partition coefficient (Wildman–Crippen LogP) is -0.514.